The van der Waals surface area contributed by atoms with E-state index < -0.39 is 0 Å². The van der Waals surface area contributed by atoms with Crippen molar-refractivity contribution in [2.75, 3.05) is 17.2 Å². The molecule has 0 saturated carbocycles. The minimum absolute atomic E-state index is 0.0704. The Morgan fingerprint density at radius 3 is 2.35 bits per heavy atom. The summed E-state index contributed by atoms with van der Waals surface area (Å²) in [5.41, 5.74) is 3.78. The number of carbonyl (C=O) groups excluding carboxylic acids is 2. The predicted octanol–water partition coefficient (Wildman–Crippen LogP) is 5.44. The summed E-state index contributed by atoms with van der Waals surface area (Å²) >= 11 is 1.44. The Hall–Kier alpha value is -3.25. The van der Waals surface area contributed by atoms with Crippen LogP contribution in [-0.2, 0) is 9.59 Å². The van der Waals surface area contributed by atoms with Crippen molar-refractivity contribution in [2.24, 2.45) is 0 Å². The molecule has 0 aliphatic rings. The van der Waals surface area contributed by atoms with Gasteiger partial charge >= 0.3 is 0 Å². The van der Waals surface area contributed by atoms with Crippen LogP contribution in [0.3, 0.4) is 0 Å². The van der Waals surface area contributed by atoms with E-state index in [0.29, 0.717) is 11.4 Å². The summed E-state index contributed by atoms with van der Waals surface area (Å²) in [4.78, 5) is 25.6. The van der Waals surface area contributed by atoms with Gasteiger partial charge in [-0.1, -0.05) is 30.3 Å². The number of para-hydroxylation sites is 1. The lowest BCUT2D eigenvalue weighted by atomic mass is 10.1. The molecule has 0 saturated heterocycles. The lowest BCUT2D eigenvalue weighted by Gasteiger charge is -2.14. The number of amides is 2. The van der Waals surface area contributed by atoms with E-state index in [9.17, 15) is 9.59 Å². The minimum atomic E-state index is -0.297. The Morgan fingerprint density at radius 2 is 1.61 bits per heavy atom. The van der Waals surface area contributed by atoms with Gasteiger partial charge in [0.05, 0.1) is 5.25 Å². The highest BCUT2D eigenvalue weighted by molar-refractivity contribution is 8.00. The van der Waals surface area contributed by atoms with Gasteiger partial charge in [-0.25, -0.2) is 0 Å². The predicted molar refractivity (Wildman–Crippen MR) is 127 cm³/mol. The van der Waals surface area contributed by atoms with Gasteiger partial charge in [0.15, 0.2) is 6.61 Å². The summed E-state index contributed by atoms with van der Waals surface area (Å²) in [6.45, 7) is 5.85. The van der Waals surface area contributed by atoms with Crippen LogP contribution in [-0.4, -0.2) is 23.7 Å². The first-order valence-electron chi connectivity index (χ1n) is 10.0. The number of hydrogen-bond acceptors (Lipinski definition) is 4. The van der Waals surface area contributed by atoms with Gasteiger partial charge in [-0.3, -0.25) is 9.59 Å². The monoisotopic (exact) mass is 434 g/mol. The van der Waals surface area contributed by atoms with Crippen molar-refractivity contribution >= 4 is 35.0 Å². The van der Waals surface area contributed by atoms with Gasteiger partial charge in [-0.15, -0.1) is 11.8 Å². The van der Waals surface area contributed by atoms with E-state index in [0.717, 1.165) is 16.1 Å². The Balaban J connectivity index is 1.53. The molecule has 0 fully saturated rings. The summed E-state index contributed by atoms with van der Waals surface area (Å²) in [5.74, 6) is 0.330. The number of hydrogen-bond donors (Lipinski definition) is 2. The van der Waals surface area contributed by atoms with Gasteiger partial charge in [0.1, 0.15) is 5.75 Å². The van der Waals surface area contributed by atoms with Crippen LogP contribution >= 0.6 is 11.8 Å². The number of thioether (sulfide) groups is 1. The highest BCUT2D eigenvalue weighted by atomic mass is 32.2. The fraction of sp³-hybridized carbons (Fsp3) is 0.200. The first-order chi connectivity index (χ1) is 14.9. The van der Waals surface area contributed by atoms with Crippen molar-refractivity contribution in [2.45, 2.75) is 30.9 Å². The molecule has 6 heteroatoms. The number of ether oxygens (including phenoxy) is 1. The van der Waals surface area contributed by atoms with Crippen LogP contribution in [0, 0.1) is 13.8 Å². The van der Waals surface area contributed by atoms with Crippen LogP contribution < -0.4 is 15.4 Å². The zero-order valence-electron chi connectivity index (χ0n) is 17.8. The average molecular weight is 435 g/mol. The fourth-order valence-corrected chi connectivity index (χ4v) is 3.76. The molecule has 2 N–H and O–H groups in total. The van der Waals surface area contributed by atoms with E-state index in [-0.39, 0.29) is 23.7 Å². The zero-order valence-corrected chi connectivity index (χ0v) is 18.7. The van der Waals surface area contributed by atoms with Gasteiger partial charge in [-0.2, -0.15) is 0 Å². The quantitative estimate of drug-likeness (QED) is 0.463. The maximum atomic E-state index is 12.6. The standard InChI is InChI=1S/C25H26N2O3S/c1-17-12-13-21(14-18(17)2)27-25(29)19(3)31-23-11-7-8-20(15-23)26-24(28)16-30-22-9-5-4-6-10-22/h4-15,19H,16H2,1-3H3,(H,26,28)(H,27,29). The fourth-order valence-electron chi connectivity index (χ4n) is 2.83. The van der Waals surface area contributed by atoms with E-state index in [2.05, 4.69) is 10.6 Å². The largest absolute Gasteiger partial charge is 0.484 e. The summed E-state index contributed by atoms with van der Waals surface area (Å²) in [6, 6.07) is 22.5. The number of benzene rings is 3. The maximum absolute atomic E-state index is 12.6. The van der Waals surface area contributed by atoms with E-state index in [1.54, 1.807) is 12.1 Å². The van der Waals surface area contributed by atoms with Crippen LogP contribution in [0.15, 0.2) is 77.7 Å². The van der Waals surface area contributed by atoms with Gasteiger partial charge in [0.25, 0.3) is 5.91 Å². The molecule has 0 radical (unpaired) electrons. The molecule has 0 aromatic heterocycles. The summed E-state index contributed by atoms with van der Waals surface area (Å²) in [6.07, 6.45) is 0. The highest BCUT2D eigenvalue weighted by Gasteiger charge is 2.15. The molecule has 1 atom stereocenters. The molecule has 3 aromatic carbocycles. The van der Waals surface area contributed by atoms with Crippen LogP contribution in [0.5, 0.6) is 5.75 Å². The van der Waals surface area contributed by atoms with Crippen molar-refractivity contribution < 1.29 is 14.3 Å². The molecule has 160 valence electrons. The van der Waals surface area contributed by atoms with E-state index in [1.165, 1.54) is 17.3 Å². The number of nitrogens with one attached hydrogen (secondary N) is 2. The number of carbonyl (C=O) groups is 2. The third kappa shape index (κ3) is 6.89. The van der Waals surface area contributed by atoms with Crippen LogP contribution in [0.25, 0.3) is 0 Å². The lowest BCUT2D eigenvalue weighted by Crippen LogP contribution is -2.22. The smallest absolute Gasteiger partial charge is 0.262 e. The van der Waals surface area contributed by atoms with E-state index in [4.69, 9.17) is 4.74 Å². The third-order valence-corrected chi connectivity index (χ3v) is 5.78. The molecule has 0 heterocycles. The van der Waals surface area contributed by atoms with Crippen LogP contribution in [0.2, 0.25) is 0 Å². The highest BCUT2D eigenvalue weighted by Crippen LogP contribution is 2.27. The van der Waals surface area contributed by atoms with Gasteiger partial charge in [-0.05, 0) is 74.4 Å². The molecular formula is C25H26N2O3S. The second-order valence-corrected chi connectivity index (χ2v) is 8.64. The van der Waals surface area contributed by atoms with Crippen molar-refractivity contribution in [1.29, 1.82) is 0 Å². The SMILES string of the molecule is Cc1ccc(NC(=O)C(C)Sc2cccc(NC(=O)COc3ccccc3)c2)cc1C. The molecular weight excluding hydrogens is 408 g/mol. The Bertz CT molecular complexity index is 1050. The number of aryl methyl sites for hydroxylation is 2. The molecule has 5 nitrogen and oxygen atoms in total. The third-order valence-electron chi connectivity index (χ3n) is 4.69. The Morgan fingerprint density at radius 1 is 0.871 bits per heavy atom. The number of anilines is 2. The lowest BCUT2D eigenvalue weighted by molar-refractivity contribution is -0.118. The number of rotatable bonds is 8. The summed E-state index contributed by atoms with van der Waals surface area (Å²) < 4.78 is 5.47. The second kappa shape index (κ2) is 10.7. The van der Waals surface area contributed by atoms with Gasteiger partial charge in [0, 0.05) is 16.3 Å². The minimum Gasteiger partial charge on any atom is -0.484 e. The summed E-state index contributed by atoms with van der Waals surface area (Å²) in [5, 5.41) is 5.49. The molecule has 3 aromatic rings. The zero-order chi connectivity index (χ0) is 22.2. The Kier molecular flexibility index (Phi) is 7.73. The van der Waals surface area contributed by atoms with E-state index >= 15 is 0 Å². The molecule has 0 aliphatic carbocycles. The van der Waals surface area contributed by atoms with Crippen molar-refractivity contribution in [3.8, 4) is 5.75 Å². The van der Waals surface area contributed by atoms with Gasteiger partial charge in [0.2, 0.25) is 5.91 Å². The normalized spacial score (nSPS) is 11.5. The molecule has 0 spiro atoms. The van der Waals surface area contributed by atoms with Gasteiger partial charge < -0.3 is 15.4 Å². The maximum Gasteiger partial charge on any atom is 0.262 e. The first-order valence-corrected chi connectivity index (χ1v) is 10.9. The molecule has 0 aliphatic heterocycles. The first kappa shape index (κ1) is 22.4. The van der Waals surface area contributed by atoms with Crippen molar-refractivity contribution in [1.82, 2.24) is 0 Å². The molecule has 1 unspecified atom stereocenters. The van der Waals surface area contributed by atoms with E-state index in [1.807, 2.05) is 81.4 Å². The summed E-state index contributed by atoms with van der Waals surface area (Å²) in [7, 11) is 0. The van der Waals surface area contributed by atoms with Crippen LogP contribution in [0.4, 0.5) is 11.4 Å². The second-order valence-electron chi connectivity index (χ2n) is 7.23. The Labute approximate surface area is 187 Å². The van der Waals surface area contributed by atoms with Crippen molar-refractivity contribution in [3.63, 3.8) is 0 Å². The molecule has 31 heavy (non-hydrogen) atoms. The molecule has 3 rings (SSSR count). The topological polar surface area (TPSA) is 67.4 Å². The molecule has 2 amide bonds. The average Bonchev–Trinajstić information content (AvgIpc) is 2.76. The van der Waals surface area contributed by atoms with Crippen molar-refractivity contribution in [3.05, 3.63) is 83.9 Å². The molecule has 0 bridgehead atoms. The van der Waals surface area contributed by atoms with Crippen LogP contribution in [0.1, 0.15) is 18.1 Å².